The zero-order valence-electron chi connectivity index (χ0n) is 11.8. The molecule has 0 amide bonds. The SMILES string of the molecule is Cc1ccc(-c2nc(NN)cc(-c3cnn(C)c3)n2)nc1. The predicted molar refractivity (Wildman–Crippen MR) is 80.0 cm³/mol. The van der Waals surface area contributed by atoms with E-state index in [-0.39, 0.29) is 0 Å². The Hall–Kier alpha value is -2.80. The van der Waals surface area contributed by atoms with E-state index in [1.165, 1.54) is 0 Å². The van der Waals surface area contributed by atoms with Gasteiger partial charge in [0.25, 0.3) is 0 Å². The van der Waals surface area contributed by atoms with Crippen LogP contribution in [0.15, 0.2) is 36.8 Å². The van der Waals surface area contributed by atoms with Crippen molar-refractivity contribution in [1.82, 2.24) is 24.7 Å². The number of hydrogen-bond acceptors (Lipinski definition) is 6. The van der Waals surface area contributed by atoms with Crippen molar-refractivity contribution in [3.05, 3.63) is 42.4 Å². The summed E-state index contributed by atoms with van der Waals surface area (Å²) in [6.07, 6.45) is 5.41. The molecule has 3 N–H and O–H groups in total. The molecule has 0 fully saturated rings. The Morgan fingerprint density at radius 1 is 1.14 bits per heavy atom. The van der Waals surface area contributed by atoms with Crippen LogP contribution in [0.3, 0.4) is 0 Å². The van der Waals surface area contributed by atoms with E-state index in [9.17, 15) is 0 Å². The van der Waals surface area contributed by atoms with Crippen LogP contribution in [-0.2, 0) is 7.05 Å². The van der Waals surface area contributed by atoms with Crippen LogP contribution < -0.4 is 11.3 Å². The number of anilines is 1. The van der Waals surface area contributed by atoms with Gasteiger partial charge < -0.3 is 5.43 Å². The highest BCUT2D eigenvalue weighted by Gasteiger charge is 2.10. The molecule has 0 bridgehead atoms. The van der Waals surface area contributed by atoms with Crippen LogP contribution in [0.4, 0.5) is 5.82 Å². The van der Waals surface area contributed by atoms with E-state index in [4.69, 9.17) is 5.84 Å². The normalized spacial score (nSPS) is 10.6. The fourth-order valence-electron chi connectivity index (χ4n) is 1.94. The highest BCUT2D eigenvalue weighted by molar-refractivity contribution is 5.65. The van der Waals surface area contributed by atoms with Crippen LogP contribution in [-0.4, -0.2) is 24.7 Å². The lowest BCUT2D eigenvalue weighted by Gasteiger charge is -2.06. The number of aryl methyl sites for hydroxylation is 2. The zero-order valence-corrected chi connectivity index (χ0v) is 11.8. The molecule has 0 saturated carbocycles. The molecule has 3 heterocycles. The molecule has 106 valence electrons. The Labute approximate surface area is 121 Å². The second-order valence-corrected chi connectivity index (χ2v) is 4.73. The minimum atomic E-state index is 0.518. The lowest BCUT2D eigenvalue weighted by molar-refractivity contribution is 0.768. The summed E-state index contributed by atoms with van der Waals surface area (Å²) in [7, 11) is 1.86. The Bertz CT molecular complexity index is 761. The second kappa shape index (κ2) is 5.29. The van der Waals surface area contributed by atoms with E-state index < -0.39 is 0 Å². The number of hydrogen-bond donors (Lipinski definition) is 2. The monoisotopic (exact) mass is 281 g/mol. The first-order valence-electron chi connectivity index (χ1n) is 6.43. The topological polar surface area (TPSA) is 94.5 Å². The summed E-state index contributed by atoms with van der Waals surface area (Å²) in [5.41, 5.74) is 5.97. The molecule has 0 aliphatic carbocycles. The fourth-order valence-corrected chi connectivity index (χ4v) is 1.94. The van der Waals surface area contributed by atoms with Gasteiger partial charge in [-0.2, -0.15) is 5.10 Å². The van der Waals surface area contributed by atoms with Crippen molar-refractivity contribution in [2.24, 2.45) is 12.9 Å². The molecule has 3 rings (SSSR count). The minimum Gasteiger partial charge on any atom is -0.308 e. The van der Waals surface area contributed by atoms with Crippen molar-refractivity contribution in [2.75, 3.05) is 5.43 Å². The minimum absolute atomic E-state index is 0.518. The molecule has 3 aromatic heterocycles. The molecule has 21 heavy (non-hydrogen) atoms. The summed E-state index contributed by atoms with van der Waals surface area (Å²) in [6.45, 7) is 1.98. The maximum Gasteiger partial charge on any atom is 0.180 e. The summed E-state index contributed by atoms with van der Waals surface area (Å²) in [5, 5.41) is 4.15. The van der Waals surface area contributed by atoms with Crippen LogP contribution in [0.1, 0.15) is 5.56 Å². The van der Waals surface area contributed by atoms with Gasteiger partial charge in [0.2, 0.25) is 0 Å². The molecule has 0 unspecified atom stereocenters. The predicted octanol–water partition coefficient (Wildman–Crippen LogP) is 1.53. The lowest BCUT2D eigenvalue weighted by Crippen LogP contribution is -2.10. The first kappa shape index (κ1) is 13.2. The number of rotatable bonds is 3. The third-order valence-corrected chi connectivity index (χ3v) is 3.02. The van der Waals surface area contributed by atoms with Crippen LogP contribution >= 0.6 is 0 Å². The molecule has 0 spiro atoms. The Morgan fingerprint density at radius 2 is 2.00 bits per heavy atom. The van der Waals surface area contributed by atoms with E-state index >= 15 is 0 Å². The van der Waals surface area contributed by atoms with Gasteiger partial charge in [0.05, 0.1) is 11.9 Å². The average molecular weight is 281 g/mol. The Balaban J connectivity index is 2.10. The number of nitrogens with zero attached hydrogens (tertiary/aromatic N) is 5. The molecule has 0 radical (unpaired) electrons. The largest absolute Gasteiger partial charge is 0.308 e. The van der Waals surface area contributed by atoms with Gasteiger partial charge in [-0.25, -0.2) is 15.8 Å². The highest BCUT2D eigenvalue weighted by Crippen LogP contribution is 2.22. The van der Waals surface area contributed by atoms with E-state index in [0.29, 0.717) is 17.3 Å². The average Bonchev–Trinajstić information content (AvgIpc) is 2.94. The van der Waals surface area contributed by atoms with Crippen molar-refractivity contribution >= 4 is 5.82 Å². The summed E-state index contributed by atoms with van der Waals surface area (Å²) in [6, 6.07) is 5.63. The second-order valence-electron chi connectivity index (χ2n) is 4.73. The third kappa shape index (κ3) is 2.72. The maximum absolute atomic E-state index is 5.49. The zero-order chi connectivity index (χ0) is 14.8. The number of pyridine rings is 1. The van der Waals surface area contributed by atoms with Crippen molar-refractivity contribution in [2.45, 2.75) is 6.92 Å². The standard InChI is InChI=1S/C14H15N7/c1-9-3-4-11(16-6-9)14-18-12(5-13(19-14)20-15)10-7-17-21(2)8-10/h3-8H,15H2,1-2H3,(H,18,19,20). The molecule has 0 saturated heterocycles. The van der Waals surface area contributed by atoms with Crippen LogP contribution in [0.5, 0.6) is 0 Å². The highest BCUT2D eigenvalue weighted by atomic mass is 15.3. The lowest BCUT2D eigenvalue weighted by atomic mass is 10.2. The molecular formula is C14H15N7. The van der Waals surface area contributed by atoms with Gasteiger partial charge in [-0.15, -0.1) is 0 Å². The molecule has 0 aliphatic rings. The molecule has 3 aromatic rings. The summed E-state index contributed by atoms with van der Waals surface area (Å²) in [4.78, 5) is 13.2. The molecule has 7 nitrogen and oxygen atoms in total. The molecule has 0 atom stereocenters. The Kier molecular flexibility index (Phi) is 3.33. The van der Waals surface area contributed by atoms with E-state index in [1.54, 1.807) is 23.1 Å². The molecule has 0 aromatic carbocycles. The maximum atomic E-state index is 5.49. The fraction of sp³-hybridized carbons (Fsp3) is 0.143. The van der Waals surface area contributed by atoms with Crippen LogP contribution in [0.25, 0.3) is 22.8 Å². The quantitative estimate of drug-likeness (QED) is 0.558. The van der Waals surface area contributed by atoms with E-state index in [0.717, 1.165) is 16.8 Å². The molecule has 0 aliphatic heterocycles. The van der Waals surface area contributed by atoms with Crippen molar-refractivity contribution in [1.29, 1.82) is 0 Å². The van der Waals surface area contributed by atoms with Crippen molar-refractivity contribution in [3.63, 3.8) is 0 Å². The number of nitrogens with one attached hydrogen (secondary N) is 1. The first-order valence-corrected chi connectivity index (χ1v) is 6.43. The number of nitrogens with two attached hydrogens (primary N) is 1. The summed E-state index contributed by atoms with van der Waals surface area (Å²) in [5.74, 6) is 6.54. The number of aromatic nitrogens is 5. The smallest absolute Gasteiger partial charge is 0.180 e. The summed E-state index contributed by atoms with van der Waals surface area (Å²) >= 11 is 0. The van der Waals surface area contributed by atoms with E-state index in [1.807, 2.05) is 32.3 Å². The van der Waals surface area contributed by atoms with Gasteiger partial charge in [-0.1, -0.05) is 6.07 Å². The van der Waals surface area contributed by atoms with Gasteiger partial charge in [0, 0.05) is 31.1 Å². The van der Waals surface area contributed by atoms with Crippen LogP contribution in [0, 0.1) is 6.92 Å². The van der Waals surface area contributed by atoms with Crippen LogP contribution in [0.2, 0.25) is 0 Å². The van der Waals surface area contributed by atoms with Gasteiger partial charge in [0.1, 0.15) is 11.5 Å². The summed E-state index contributed by atoms with van der Waals surface area (Å²) < 4.78 is 1.72. The van der Waals surface area contributed by atoms with Gasteiger partial charge in [0.15, 0.2) is 5.82 Å². The number of nitrogen functional groups attached to an aromatic ring is 1. The first-order chi connectivity index (χ1) is 10.2. The van der Waals surface area contributed by atoms with Crippen molar-refractivity contribution in [3.8, 4) is 22.8 Å². The molecular weight excluding hydrogens is 266 g/mol. The van der Waals surface area contributed by atoms with Gasteiger partial charge >= 0.3 is 0 Å². The third-order valence-electron chi connectivity index (χ3n) is 3.02. The van der Waals surface area contributed by atoms with Gasteiger partial charge in [-0.05, 0) is 18.6 Å². The Morgan fingerprint density at radius 3 is 2.62 bits per heavy atom. The van der Waals surface area contributed by atoms with Crippen molar-refractivity contribution < 1.29 is 0 Å². The molecule has 7 heteroatoms. The number of hydrazine groups is 1. The van der Waals surface area contributed by atoms with Gasteiger partial charge in [-0.3, -0.25) is 9.67 Å². The van der Waals surface area contributed by atoms with E-state index in [2.05, 4.69) is 25.5 Å².